The summed E-state index contributed by atoms with van der Waals surface area (Å²) in [6, 6.07) is 13.1. The van der Waals surface area contributed by atoms with Crippen molar-refractivity contribution in [3.63, 3.8) is 0 Å². The lowest BCUT2D eigenvalue weighted by Gasteiger charge is -2.23. The number of ether oxygens (including phenoxy) is 2. The van der Waals surface area contributed by atoms with Gasteiger partial charge in [-0.05, 0) is 29.3 Å². The molecular weight excluding hydrogens is 287 g/mol. The first-order valence-electron chi connectivity index (χ1n) is 6.92. The Hall–Kier alpha value is -2.40. The van der Waals surface area contributed by atoms with E-state index in [1.807, 2.05) is 12.1 Å². The van der Waals surface area contributed by atoms with Crippen molar-refractivity contribution in [2.75, 3.05) is 6.61 Å². The number of rotatable bonds is 5. The van der Waals surface area contributed by atoms with Crippen molar-refractivity contribution in [2.24, 2.45) is 0 Å². The zero-order valence-corrected chi connectivity index (χ0v) is 11.8. The molecule has 5 heteroatoms. The van der Waals surface area contributed by atoms with E-state index in [2.05, 4.69) is 0 Å². The van der Waals surface area contributed by atoms with E-state index in [9.17, 15) is 14.3 Å². The lowest BCUT2D eigenvalue weighted by molar-refractivity contribution is -0.159. The fraction of sp³-hybridized carbons (Fsp3) is 0.235. The van der Waals surface area contributed by atoms with Crippen molar-refractivity contribution in [3.05, 3.63) is 65.5 Å². The fourth-order valence-electron chi connectivity index (χ4n) is 2.48. The second-order valence-electron chi connectivity index (χ2n) is 5.31. The summed E-state index contributed by atoms with van der Waals surface area (Å²) in [6.07, 6.45) is 0.266. The van der Waals surface area contributed by atoms with Gasteiger partial charge in [-0.2, -0.15) is 0 Å². The number of hydrogen-bond acceptors (Lipinski definition) is 3. The summed E-state index contributed by atoms with van der Waals surface area (Å²) in [6.45, 7) is 0.128. The molecule has 0 spiro atoms. The summed E-state index contributed by atoms with van der Waals surface area (Å²) >= 11 is 0. The zero-order chi connectivity index (χ0) is 15.6. The Morgan fingerprint density at radius 1 is 1.23 bits per heavy atom. The number of aliphatic carboxylic acids is 1. The molecule has 1 unspecified atom stereocenters. The monoisotopic (exact) mass is 302 g/mol. The van der Waals surface area contributed by atoms with E-state index >= 15 is 0 Å². The maximum Gasteiger partial charge on any atom is 0.350 e. The number of carboxylic acids is 1. The lowest BCUT2D eigenvalue weighted by Crippen LogP contribution is -2.47. The predicted octanol–water partition coefficient (Wildman–Crippen LogP) is 2.80. The van der Waals surface area contributed by atoms with E-state index in [4.69, 9.17) is 9.47 Å². The highest BCUT2D eigenvalue weighted by atomic mass is 19.1. The van der Waals surface area contributed by atoms with Gasteiger partial charge in [-0.3, -0.25) is 0 Å². The van der Waals surface area contributed by atoms with Crippen molar-refractivity contribution in [2.45, 2.75) is 18.6 Å². The molecule has 0 amide bonds. The number of fused-ring (bicyclic) bond motifs is 1. The van der Waals surface area contributed by atoms with E-state index in [-0.39, 0.29) is 25.5 Å². The van der Waals surface area contributed by atoms with Crippen LogP contribution in [0.2, 0.25) is 0 Å². The minimum Gasteiger partial charge on any atom is -0.478 e. The molecule has 0 bridgehead atoms. The van der Waals surface area contributed by atoms with E-state index in [0.717, 1.165) is 11.1 Å². The summed E-state index contributed by atoms with van der Waals surface area (Å²) in [5, 5.41) is 9.51. The Kier molecular flexibility index (Phi) is 3.81. The average molecular weight is 302 g/mol. The van der Waals surface area contributed by atoms with Crippen molar-refractivity contribution >= 4 is 5.97 Å². The molecule has 1 heterocycles. The van der Waals surface area contributed by atoms with Crippen LogP contribution in [0.5, 0.6) is 5.75 Å². The zero-order valence-electron chi connectivity index (χ0n) is 11.8. The van der Waals surface area contributed by atoms with Gasteiger partial charge in [0.2, 0.25) is 5.60 Å². The van der Waals surface area contributed by atoms with Gasteiger partial charge >= 0.3 is 5.97 Å². The average Bonchev–Trinajstić information content (AvgIpc) is 2.89. The van der Waals surface area contributed by atoms with Gasteiger partial charge in [-0.1, -0.05) is 30.3 Å². The molecule has 114 valence electrons. The first-order valence-corrected chi connectivity index (χ1v) is 6.92. The minimum absolute atomic E-state index is 0.0750. The van der Waals surface area contributed by atoms with Crippen LogP contribution in [0.15, 0.2) is 48.5 Å². The SMILES string of the molecule is O=C(O)C1(COCc2ccc(F)cc2)Cc2ccccc2O1. The predicted molar refractivity (Wildman–Crippen MR) is 77.2 cm³/mol. The van der Waals surface area contributed by atoms with E-state index in [1.165, 1.54) is 12.1 Å². The van der Waals surface area contributed by atoms with Crippen LogP contribution in [0.3, 0.4) is 0 Å². The van der Waals surface area contributed by atoms with Gasteiger partial charge < -0.3 is 14.6 Å². The van der Waals surface area contributed by atoms with E-state index in [0.29, 0.717) is 5.75 Å². The Labute approximate surface area is 127 Å². The van der Waals surface area contributed by atoms with Gasteiger partial charge in [0, 0.05) is 6.42 Å². The number of hydrogen-bond donors (Lipinski definition) is 1. The molecule has 2 aromatic carbocycles. The Morgan fingerprint density at radius 2 is 1.95 bits per heavy atom. The Morgan fingerprint density at radius 3 is 2.64 bits per heavy atom. The second kappa shape index (κ2) is 5.77. The largest absolute Gasteiger partial charge is 0.478 e. The quantitative estimate of drug-likeness (QED) is 0.922. The molecule has 0 saturated carbocycles. The molecular formula is C17H15FO4. The first-order chi connectivity index (χ1) is 10.6. The third kappa shape index (κ3) is 2.80. The van der Waals surface area contributed by atoms with Crippen LogP contribution in [0, 0.1) is 5.82 Å². The molecule has 22 heavy (non-hydrogen) atoms. The summed E-state index contributed by atoms with van der Waals surface area (Å²) in [5.74, 6) is -0.793. The maximum atomic E-state index is 12.8. The molecule has 0 aliphatic carbocycles. The van der Waals surface area contributed by atoms with Gasteiger partial charge in [0.1, 0.15) is 11.6 Å². The third-order valence-corrected chi connectivity index (χ3v) is 3.66. The highest BCUT2D eigenvalue weighted by molar-refractivity contribution is 5.80. The number of para-hydroxylation sites is 1. The highest BCUT2D eigenvalue weighted by Gasteiger charge is 2.46. The summed E-state index contributed by atoms with van der Waals surface area (Å²) in [4.78, 5) is 11.6. The normalized spacial score (nSPS) is 19.5. The Bertz CT molecular complexity index is 656. The summed E-state index contributed by atoms with van der Waals surface area (Å²) in [5.41, 5.74) is 0.233. The van der Waals surface area contributed by atoms with Crippen LogP contribution >= 0.6 is 0 Å². The molecule has 0 saturated heterocycles. The molecule has 1 N–H and O–H groups in total. The van der Waals surface area contributed by atoms with Gasteiger partial charge in [-0.25, -0.2) is 9.18 Å². The van der Waals surface area contributed by atoms with Crippen LogP contribution in [-0.2, 0) is 22.6 Å². The van der Waals surface area contributed by atoms with Gasteiger partial charge in [-0.15, -0.1) is 0 Å². The molecule has 3 rings (SSSR count). The second-order valence-corrected chi connectivity index (χ2v) is 5.31. The molecule has 2 aromatic rings. The topological polar surface area (TPSA) is 55.8 Å². The van der Waals surface area contributed by atoms with Crippen molar-refractivity contribution < 1.29 is 23.8 Å². The molecule has 0 fully saturated rings. The van der Waals surface area contributed by atoms with Crippen molar-refractivity contribution in [1.82, 2.24) is 0 Å². The van der Waals surface area contributed by atoms with Crippen LogP contribution in [0.1, 0.15) is 11.1 Å². The fourth-order valence-corrected chi connectivity index (χ4v) is 2.48. The molecule has 1 aliphatic heterocycles. The van der Waals surface area contributed by atoms with Crippen LogP contribution in [0.4, 0.5) is 4.39 Å². The van der Waals surface area contributed by atoms with Gasteiger partial charge in [0.25, 0.3) is 0 Å². The summed E-state index contributed by atoms with van der Waals surface area (Å²) < 4.78 is 24.0. The van der Waals surface area contributed by atoms with Crippen molar-refractivity contribution in [3.8, 4) is 5.75 Å². The molecule has 4 nitrogen and oxygen atoms in total. The third-order valence-electron chi connectivity index (χ3n) is 3.66. The number of carbonyl (C=O) groups is 1. The lowest BCUT2D eigenvalue weighted by atomic mass is 9.98. The molecule has 1 atom stereocenters. The van der Waals surface area contributed by atoms with Crippen LogP contribution in [0.25, 0.3) is 0 Å². The van der Waals surface area contributed by atoms with Gasteiger partial charge in [0.15, 0.2) is 0 Å². The van der Waals surface area contributed by atoms with E-state index in [1.54, 1.807) is 24.3 Å². The number of carboxylic acid groups (broad SMARTS) is 1. The molecule has 0 radical (unpaired) electrons. The smallest absolute Gasteiger partial charge is 0.350 e. The first kappa shape index (κ1) is 14.5. The maximum absolute atomic E-state index is 12.8. The molecule has 1 aliphatic rings. The Balaban J connectivity index is 1.67. The van der Waals surface area contributed by atoms with Crippen molar-refractivity contribution in [1.29, 1.82) is 0 Å². The van der Waals surface area contributed by atoms with E-state index < -0.39 is 11.6 Å². The number of halogens is 1. The molecule has 0 aromatic heterocycles. The standard InChI is InChI=1S/C17H15FO4/c18-14-7-5-12(6-8-14)10-21-11-17(16(19)20)9-13-3-1-2-4-15(13)22-17/h1-8H,9-11H2,(H,19,20). The highest BCUT2D eigenvalue weighted by Crippen LogP contribution is 2.35. The number of benzene rings is 2. The van der Waals surface area contributed by atoms with Gasteiger partial charge in [0.05, 0.1) is 13.2 Å². The van der Waals surface area contributed by atoms with Crippen LogP contribution in [-0.4, -0.2) is 23.3 Å². The minimum atomic E-state index is -1.40. The van der Waals surface area contributed by atoms with Crippen LogP contribution < -0.4 is 4.74 Å². The summed E-state index contributed by atoms with van der Waals surface area (Å²) in [7, 11) is 0.